The molecule has 0 atom stereocenters. The van der Waals surface area contributed by atoms with Gasteiger partial charge in [0.2, 0.25) is 0 Å². The largest absolute Gasteiger partial charge is 0.431 e. The van der Waals surface area contributed by atoms with Gasteiger partial charge in [-0.1, -0.05) is 0 Å². The Balaban J connectivity index is 2.85. The van der Waals surface area contributed by atoms with Crippen LogP contribution in [-0.2, 0) is 13.2 Å². The van der Waals surface area contributed by atoms with E-state index >= 15 is 0 Å². The monoisotopic (exact) mass is 328 g/mol. The summed E-state index contributed by atoms with van der Waals surface area (Å²) >= 11 is 0. The van der Waals surface area contributed by atoms with Crippen LogP contribution in [-0.4, -0.2) is 9.13 Å². The molecule has 0 aliphatic carbocycles. The molecule has 2 N–H and O–H groups in total. The van der Waals surface area contributed by atoms with Crippen LogP contribution in [0.15, 0.2) is 27.8 Å². The average Bonchev–Trinajstić information content (AvgIpc) is 2.45. The molecule has 0 aliphatic rings. The lowest BCUT2D eigenvalue weighted by atomic mass is 10.1. The zero-order chi connectivity index (χ0) is 17.5. The predicted octanol–water partition coefficient (Wildman–Crippen LogP) is 1.15. The van der Waals surface area contributed by atoms with E-state index in [1.807, 2.05) is 0 Å². The van der Waals surface area contributed by atoms with Crippen molar-refractivity contribution in [2.24, 2.45) is 7.05 Å². The molecule has 1 heterocycles. The molecule has 0 aliphatic heterocycles. The first-order valence-electron chi connectivity index (χ1n) is 5.97. The van der Waals surface area contributed by atoms with Gasteiger partial charge in [-0.05, 0) is 12.1 Å². The van der Waals surface area contributed by atoms with Crippen molar-refractivity contribution < 1.29 is 17.6 Å². The maximum absolute atomic E-state index is 14.0. The highest BCUT2D eigenvalue weighted by molar-refractivity contribution is 5.59. The zero-order valence-corrected chi connectivity index (χ0v) is 11.5. The summed E-state index contributed by atoms with van der Waals surface area (Å²) < 4.78 is 52.6. The van der Waals surface area contributed by atoms with Crippen molar-refractivity contribution in [2.45, 2.75) is 6.18 Å². The first-order chi connectivity index (χ1) is 10.6. The molecular weight excluding hydrogens is 320 g/mol. The molecule has 0 saturated carbocycles. The normalized spacial score (nSPS) is 11.3. The molecular formula is C13H8F4N4O2. The van der Waals surface area contributed by atoms with Gasteiger partial charge in [0.1, 0.15) is 17.6 Å². The van der Waals surface area contributed by atoms with Crippen LogP contribution in [0.5, 0.6) is 0 Å². The first-order valence-corrected chi connectivity index (χ1v) is 5.97. The fourth-order valence-corrected chi connectivity index (χ4v) is 1.97. The number of rotatable bonds is 1. The third-order valence-corrected chi connectivity index (χ3v) is 3.09. The highest BCUT2D eigenvalue weighted by Gasteiger charge is 2.35. The van der Waals surface area contributed by atoms with Crippen LogP contribution in [0.1, 0.15) is 11.3 Å². The lowest BCUT2D eigenvalue weighted by Gasteiger charge is -2.14. The Morgan fingerprint density at radius 3 is 2.35 bits per heavy atom. The van der Waals surface area contributed by atoms with Crippen molar-refractivity contribution in [1.82, 2.24) is 9.13 Å². The van der Waals surface area contributed by atoms with Crippen molar-refractivity contribution >= 4 is 5.69 Å². The molecule has 10 heteroatoms. The van der Waals surface area contributed by atoms with Crippen LogP contribution in [0.4, 0.5) is 23.2 Å². The third kappa shape index (κ3) is 2.68. The summed E-state index contributed by atoms with van der Waals surface area (Å²) in [6.45, 7) is 0. The van der Waals surface area contributed by atoms with E-state index in [0.29, 0.717) is 6.07 Å². The van der Waals surface area contributed by atoms with E-state index in [4.69, 9.17) is 11.0 Å². The van der Waals surface area contributed by atoms with Gasteiger partial charge >= 0.3 is 11.9 Å². The number of aromatic nitrogens is 2. The predicted molar refractivity (Wildman–Crippen MR) is 71.4 cm³/mol. The van der Waals surface area contributed by atoms with Crippen LogP contribution in [0.2, 0.25) is 0 Å². The lowest BCUT2D eigenvalue weighted by molar-refractivity contribution is -0.144. The van der Waals surface area contributed by atoms with E-state index in [1.54, 1.807) is 6.07 Å². The SMILES string of the molecule is Cn1c(C(F)(F)F)cc(=O)n(-c2cc(N)c(C#N)cc2F)c1=O. The minimum absolute atomic E-state index is 0.176. The van der Waals surface area contributed by atoms with Gasteiger partial charge in [0, 0.05) is 13.1 Å². The van der Waals surface area contributed by atoms with Crippen molar-refractivity contribution in [3.63, 3.8) is 0 Å². The Morgan fingerprint density at radius 2 is 1.83 bits per heavy atom. The average molecular weight is 328 g/mol. The van der Waals surface area contributed by atoms with Gasteiger partial charge < -0.3 is 5.73 Å². The highest BCUT2D eigenvalue weighted by atomic mass is 19.4. The summed E-state index contributed by atoms with van der Waals surface area (Å²) in [6.07, 6.45) is -4.92. The molecule has 1 aromatic carbocycles. The molecule has 2 aromatic rings. The fourth-order valence-electron chi connectivity index (χ4n) is 1.97. The third-order valence-electron chi connectivity index (χ3n) is 3.09. The molecule has 120 valence electrons. The number of anilines is 1. The second kappa shape index (κ2) is 5.28. The van der Waals surface area contributed by atoms with Gasteiger partial charge in [0.25, 0.3) is 5.56 Å². The van der Waals surface area contributed by atoms with E-state index in [1.165, 1.54) is 0 Å². The summed E-state index contributed by atoms with van der Waals surface area (Å²) in [5.41, 5.74) is 0.152. The minimum Gasteiger partial charge on any atom is -0.398 e. The van der Waals surface area contributed by atoms with E-state index in [0.717, 1.165) is 13.1 Å². The number of hydrogen-bond acceptors (Lipinski definition) is 4. The van der Waals surface area contributed by atoms with E-state index in [9.17, 15) is 27.2 Å². The molecule has 0 amide bonds. The Labute approximate surface area is 125 Å². The van der Waals surface area contributed by atoms with Crippen LogP contribution < -0.4 is 17.0 Å². The Bertz CT molecular complexity index is 951. The fraction of sp³-hybridized carbons (Fsp3) is 0.154. The van der Waals surface area contributed by atoms with E-state index in [2.05, 4.69) is 0 Å². The van der Waals surface area contributed by atoms with Gasteiger partial charge in [-0.15, -0.1) is 0 Å². The molecule has 0 fully saturated rings. The molecule has 0 bridgehead atoms. The summed E-state index contributed by atoms with van der Waals surface area (Å²) in [7, 11) is 0.798. The Morgan fingerprint density at radius 1 is 1.22 bits per heavy atom. The van der Waals surface area contributed by atoms with Gasteiger partial charge in [-0.2, -0.15) is 18.4 Å². The van der Waals surface area contributed by atoms with Gasteiger partial charge in [0.15, 0.2) is 0 Å². The van der Waals surface area contributed by atoms with Crippen molar-refractivity contribution in [1.29, 1.82) is 5.26 Å². The van der Waals surface area contributed by atoms with Crippen molar-refractivity contribution in [3.8, 4) is 11.8 Å². The molecule has 2 rings (SSSR count). The summed E-state index contributed by atoms with van der Waals surface area (Å²) in [5, 5.41) is 8.73. The maximum atomic E-state index is 14.0. The molecule has 0 unspecified atom stereocenters. The van der Waals surface area contributed by atoms with E-state index < -0.39 is 34.6 Å². The summed E-state index contributed by atoms with van der Waals surface area (Å²) in [5.74, 6) is -1.14. The van der Waals surface area contributed by atoms with Crippen molar-refractivity contribution in [2.75, 3.05) is 5.73 Å². The van der Waals surface area contributed by atoms with E-state index in [-0.39, 0.29) is 26.5 Å². The molecule has 0 saturated heterocycles. The number of alkyl halides is 3. The Kier molecular flexibility index (Phi) is 3.73. The summed E-state index contributed by atoms with van der Waals surface area (Å²) in [6, 6.07) is 3.30. The number of nitrogen functional groups attached to an aromatic ring is 1. The zero-order valence-electron chi connectivity index (χ0n) is 11.5. The second-order valence-corrected chi connectivity index (χ2v) is 4.55. The highest BCUT2D eigenvalue weighted by Crippen LogP contribution is 2.27. The number of nitrogens with two attached hydrogens (primary N) is 1. The van der Waals surface area contributed by atoms with Crippen LogP contribution in [0.25, 0.3) is 5.69 Å². The van der Waals surface area contributed by atoms with Crippen LogP contribution in [0.3, 0.4) is 0 Å². The molecule has 0 spiro atoms. The number of nitriles is 1. The molecule has 6 nitrogen and oxygen atoms in total. The first kappa shape index (κ1) is 16.3. The minimum atomic E-state index is -4.92. The van der Waals surface area contributed by atoms with Gasteiger partial charge in [-0.25, -0.2) is 13.8 Å². The van der Waals surface area contributed by atoms with Crippen LogP contribution >= 0.6 is 0 Å². The number of halogens is 4. The second-order valence-electron chi connectivity index (χ2n) is 4.55. The molecule has 1 aromatic heterocycles. The van der Waals surface area contributed by atoms with Crippen LogP contribution in [0, 0.1) is 17.1 Å². The smallest absolute Gasteiger partial charge is 0.398 e. The van der Waals surface area contributed by atoms with Gasteiger partial charge in [-0.3, -0.25) is 9.36 Å². The molecule has 23 heavy (non-hydrogen) atoms. The van der Waals surface area contributed by atoms with Gasteiger partial charge in [0.05, 0.1) is 16.9 Å². The number of benzene rings is 1. The summed E-state index contributed by atoms with van der Waals surface area (Å²) in [4.78, 5) is 23.9. The topological polar surface area (TPSA) is 93.8 Å². The maximum Gasteiger partial charge on any atom is 0.431 e. The molecule has 0 radical (unpaired) electrons. The standard InChI is InChI=1S/C13H8F4N4O2/c1-20-10(13(15,16)17)4-11(22)21(12(20)23)9-3-8(19)6(5-18)2-7(9)14/h2-4H,19H2,1H3. The van der Waals surface area contributed by atoms with Crippen molar-refractivity contribution in [3.05, 3.63) is 56.1 Å². The quantitative estimate of drug-likeness (QED) is 0.627. The number of nitrogens with zero attached hydrogens (tertiary/aromatic N) is 3. The Hall–Kier alpha value is -3.09. The lowest BCUT2D eigenvalue weighted by Crippen LogP contribution is -2.41. The number of hydrogen-bond donors (Lipinski definition) is 1.